The molecule has 1 aromatic rings. The van der Waals surface area contributed by atoms with Crippen LogP contribution in [0.1, 0.15) is 26.3 Å². The quantitative estimate of drug-likeness (QED) is 0.592. The highest BCUT2D eigenvalue weighted by Crippen LogP contribution is 2.23. The number of halogens is 1. The van der Waals surface area contributed by atoms with E-state index < -0.39 is 8.07 Å². The van der Waals surface area contributed by atoms with Gasteiger partial charge < -0.3 is 0 Å². The molecular formula is C15H25ClSi2. The van der Waals surface area contributed by atoms with Gasteiger partial charge >= 0.3 is 0 Å². The Morgan fingerprint density at radius 3 is 2.11 bits per heavy atom. The van der Waals surface area contributed by atoms with Gasteiger partial charge in [0.15, 0.2) is 0 Å². The van der Waals surface area contributed by atoms with Crippen LogP contribution in [0.2, 0.25) is 19.6 Å². The summed E-state index contributed by atoms with van der Waals surface area (Å²) in [5.74, 6) is 0. The molecule has 18 heavy (non-hydrogen) atoms. The Bertz CT molecular complexity index is 413. The predicted molar refractivity (Wildman–Crippen MR) is 88.6 cm³/mol. The van der Waals surface area contributed by atoms with Crippen molar-refractivity contribution >= 4 is 39.6 Å². The Morgan fingerprint density at radius 1 is 1.11 bits per heavy atom. The van der Waals surface area contributed by atoms with Crippen LogP contribution < -0.4 is 10.4 Å². The van der Waals surface area contributed by atoms with Crippen LogP contribution in [-0.4, -0.2) is 22.6 Å². The van der Waals surface area contributed by atoms with Crippen molar-refractivity contribution in [3.8, 4) is 0 Å². The van der Waals surface area contributed by atoms with E-state index in [4.69, 9.17) is 11.6 Å². The van der Waals surface area contributed by atoms with E-state index in [9.17, 15) is 0 Å². The summed E-state index contributed by atoms with van der Waals surface area (Å²) in [4.78, 5) is 0. The van der Waals surface area contributed by atoms with E-state index in [1.807, 2.05) is 0 Å². The molecule has 100 valence electrons. The van der Waals surface area contributed by atoms with Gasteiger partial charge in [0.2, 0.25) is 0 Å². The van der Waals surface area contributed by atoms with Crippen molar-refractivity contribution in [1.29, 1.82) is 0 Å². The van der Waals surface area contributed by atoms with Crippen molar-refractivity contribution in [3.63, 3.8) is 0 Å². The van der Waals surface area contributed by atoms with Crippen molar-refractivity contribution in [3.05, 3.63) is 23.8 Å². The fraction of sp³-hybridized carbons (Fsp3) is 0.600. The van der Waals surface area contributed by atoms with Crippen LogP contribution in [0.3, 0.4) is 0 Å². The Balaban J connectivity index is 3.01. The van der Waals surface area contributed by atoms with E-state index in [2.05, 4.69) is 65.5 Å². The van der Waals surface area contributed by atoms with Crippen LogP contribution in [0.5, 0.6) is 0 Å². The molecule has 1 rings (SSSR count). The molecule has 0 spiro atoms. The van der Waals surface area contributed by atoms with Gasteiger partial charge in [-0.2, -0.15) is 0 Å². The summed E-state index contributed by atoms with van der Waals surface area (Å²) < 4.78 is 0. The van der Waals surface area contributed by atoms with Gasteiger partial charge in [-0.05, 0) is 12.3 Å². The lowest BCUT2D eigenvalue weighted by Crippen LogP contribution is -2.42. The van der Waals surface area contributed by atoms with Gasteiger partial charge in [-0.25, -0.2) is 0 Å². The number of hydrogen-bond acceptors (Lipinski definition) is 0. The molecule has 1 atom stereocenters. The van der Waals surface area contributed by atoms with Crippen LogP contribution in [0.25, 0.3) is 0 Å². The Hall–Kier alpha value is -0.0562. The average molecular weight is 297 g/mol. The minimum Gasteiger partial charge on any atom is -0.126 e. The van der Waals surface area contributed by atoms with Gasteiger partial charge in [0.25, 0.3) is 0 Å². The standard InChI is InChI=1S/C15H25ClSi2/c1-11-8-12(17-14(16)15(2,3)4)10-13(9-11)18(5,6)7/h8-10,14H,1-7H3. The average Bonchev–Trinajstić information content (AvgIpc) is 2.13. The third-order valence-corrected chi connectivity index (χ3v) is 7.74. The third-order valence-electron chi connectivity index (χ3n) is 3.00. The Kier molecular flexibility index (Phi) is 4.90. The monoisotopic (exact) mass is 296 g/mol. The summed E-state index contributed by atoms with van der Waals surface area (Å²) in [6.45, 7) is 16.0. The van der Waals surface area contributed by atoms with Crippen LogP contribution in [0, 0.1) is 12.3 Å². The van der Waals surface area contributed by atoms with Gasteiger partial charge in [-0.15, -0.1) is 11.6 Å². The molecule has 0 nitrogen and oxygen atoms in total. The zero-order chi connectivity index (χ0) is 14.1. The maximum Gasteiger partial charge on any atom is 0.104 e. The van der Waals surface area contributed by atoms with Crippen LogP contribution in [0.15, 0.2) is 18.2 Å². The summed E-state index contributed by atoms with van der Waals surface area (Å²) in [5, 5.41) is 3.18. The lowest BCUT2D eigenvalue weighted by molar-refractivity contribution is 0.448. The fourth-order valence-corrected chi connectivity index (χ4v) is 4.71. The van der Waals surface area contributed by atoms with Crippen molar-refractivity contribution in [1.82, 2.24) is 0 Å². The minimum absolute atomic E-state index is 0.170. The number of rotatable bonds is 3. The fourth-order valence-electron chi connectivity index (χ4n) is 1.66. The van der Waals surface area contributed by atoms with Crippen molar-refractivity contribution in [2.75, 3.05) is 0 Å². The van der Waals surface area contributed by atoms with Gasteiger partial charge in [0, 0.05) is 5.00 Å². The first-order chi connectivity index (χ1) is 8.00. The number of aryl methyl sites for hydroxylation is 1. The van der Waals surface area contributed by atoms with E-state index in [1.165, 1.54) is 10.8 Å². The summed E-state index contributed by atoms with van der Waals surface area (Å²) in [7, 11) is -0.543. The number of alkyl halides is 1. The van der Waals surface area contributed by atoms with Gasteiger partial charge in [-0.3, -0.25) is 0 Å². The van der Waals surface area contributed by atoms with Gasteiger partial charge in [-0.1, -0.05) is 74.5 Å². The van der Waals surface area contributed by atoms with Crippen LogP contribution >= 0.6 is 11.6 Å². The summed E-state index contributed by atoms with van der Waals surface area (Å²) in [6, 6.07) is 7.03. The first kappa shape index (κ1) is 16.0. The second-order valence-corrected chi connectivity index (χ2v) is 14.5. The van der Waals surface area contributed by atoms with Crippen molar-refractivity contribution < 1.29 is 0 Å². The summed E-state index contributed by atoms with van der Waals surface area (Å²) in [5.41, 5.74) is 1.54. The van der Waals surface area contributed by atoms with E-state index in [0.717, 1.165) is 0 Å². The molecule has 1 unspecified atom stereocenters. The molecule has 0 aliphatic rings. The first-order valence-electron chi connectivity index (χ1n) is 6.53. The zero-order valence-electron chi connectivity index (χ0n) is 12.7. The SMILES string of the molecule is Cc1cc([Si]C(Cl)C(C)(C)C)cc([Si](C)(C)C)c1. The second-order valence-electron chi connectivity index (χ2n) is 7.21. The smallest absolute Gasteiger partial charge is 0.104 e. The molecule has 0 saturated carbocycles. The Morgan fingerprint density at radius 2 is 1.67 bits per heavy atom. The molecule has 0 aliphatic carbocycles. The number of hydrogen-bond donors (Lipinski definition) is 0. The molecule has 0 fully saturated rings. The highest BCUT2D eigenvalue weighted by atomic mass is 35.5. The largest absolute Gasteiger partial charge is 0.126 e. The van der Waals surface area contributed by atoms with Crippen molar-refractivity contribution in [2.24, 2.45) is 5.41 Å². The van der Waals surface area contributed by atoms with Crippen molar-refractivity contribution in [2.45, 2.75) is 52.3 Å². The van der Waals surface area contributed by atoms with E-state index in [0.29, 0.717) is 9.52 Å². The topological polar surface area (TPSA) is 0 Å². The molecule has 1 aromatic carbocycles. The summed E-state index contributed by atoms with van der Waals surface area (Å²) in [6.07, 6.45) is 0. The molecule has 0 bridgehead atoms. The lowest BCUT2D eigenvalue weighted by atomic mass is 10.00. The maximum atomic E-state index is 6.53. The highest BCUT2D eigenvalue weighted by molar-refractivity contribution is 6.89. The minimum atomic E-state index is -1.23. The summed E-state index contributed by atoms with van der Waals surface area (Å²) >= 11 is 6.53. The van der Waals surface area contributed by atoms with E-state index >= 15 is 0 Å². The molecular weight excluding hydrogens is 272 g/mol. The highest BCUT2D eigenvalue weighted by Gasteiger charge is 2.24. The van der Waals surface area contributed by atoms with Crippen LogP contribution in [-0.2, 0) is 0 Å². The van der Waals surface area contributed by atoms with Gasteiger partial charge in [0.1, 0.15) is 9.52 Å². The molecule has 0 amide bonds. The molecule has 2 radical (unpaired) electrons. The Labute approximate surface area is 121 Å². The molecule has 0 aliphatic heterocycles. The lowest BCUT2D eigenvalue weighted by Gasteiger charge is -2.25. The molecule has 3 heteroatoms. The third kappa shape index (κ3) is 4.56. The molecule has 0 aromatic heterocycles. The molecule has 0 heterocycles. The van der Waals surface area contributed by atoms with Gasteiger partial charge in [0.05, 0.1) is 8.07 Å². The first-order valence-corrected chi connectivity index (χ1v) is 11.5. The van der Waals surface area contributed by atoms with E-state index in [1.54, 1.807) is 5.19 Å². The van der Waals surface area contributed by atoms with E-state index in [-0.39, 0.29) is 10.4 Å². The van der Waals surface area contributed by atoms with Crippen LogP contribution in [0.4, 0.5) is 0 Å². The molecule has 0 N–H and O–H groups in total. The predicted octanol–water partition coefficient (Wildman–Crippen LogP) is 3.48. The molecule has 0 saturated heterocycles. The normalized spacial score (nSPS) is 14.7. The second kappa shape index (κ2) is 5.52. The maximum absolute atomic E-state index is 6.53. The zero-order valence-corrected chi connectivity index (χ0v) is 15.4. The number of benzene rings is 1.